The van der Waals surface area contributed by atoms with Crippen molar-refractivity contribution >= 4 is 5.91 Å². The third kappa shape index (κ3) is 3.92. The van der Waals surface area contributed by atoms with E-state index in [1.165, 1.54) is 11.1 Å². The summed E-state index contributed by atoms with van der Waals surface area (Å²) in [5, 5.41) is 4.07. The molecule has 1 saturated carbocycles. The summed E-state index contributed by atoms with van der Waals surface area (Å²) in [6, 6.07) is 9.28. The lowest BCUT2D eigenvalue weighted by Crippen LogP contribution is -2.35. The molecule has 5 nitrogen and oxygen atoms in total. The highest BCUT2D eigenvalue weighted by Gasteiger charge is 2.39. The maximum Gasteiger partial charge on any atom is 0.226 e. The second-order valence-corrected chi connectivity index (χ2v) is 8.90. The fourth-order valence-electron chi connectivity index (χ4n) is 3.99. The van der Waals surface area contributed by atoms with Gasteiger partial charge in [0.1, 0.15) is 0 Å². The molecule has 0 aliphatic heterocycles. The largest absolute Gasteiger partial charge is 0.339 e. The van der Waals surface area contributed by atoms with E-state index in [-0.39, 0.29) is 17.4 Å². The Hall–Kier alpha value is -2.17. The topological polar surface area (TPSA) is 59.2 Å². The van der Waals surface area contributed by atoms with Gasteiger partial charge < -0.3 is 9.42 Å². The number of aromatic nitrogens is 2. The van der Waals surface area contributed by atoms with Crippen LogP contribution in [-0.4, -0.2) is 27.0 Å². The van der Waals surface area contributed by atoms with Crippen LogP contribution in [0.2, 0.25) is 0 Å². The van der Waals surface area contributed by atoms with Crippen LogP contribution >= 0.6 is 0 Å². The first-order valence-corrected chi connectivity index (χ1v) is 10.2. The van der Waals surface area contributed by atoms with E-state index in [1.807, 2.05) is 0 Å². The third-order valence-electron chi connectivity index (χ3n) is 5.59. The zero-order valence-electron chi connectivity index (χ0n) is 16.6. The lowest BCUT2D eigenvalue weighted by atomic mass is 9.96. The summed E-state index contributed by atoms with van der Waals surface area (Å²) in [5.74, 6) is 1.64. The SMILES string of the molecule is CC(C)(C)c1noc(CCCC(=O)N(C2CC2)C2CCc3ccccc32)n1. The Kier molecular flexibility index (Phi) is 4.79. The van der Waals surface area contributed by atoms with Crippen LogP contribution in [0.1, 0.15) is 81.8 Å². The number of hydrogen-bond acceptors (Lipinski definition) is 4. The minimum Gasteiger partial charge on any atom is -0.339 e. The fraction of sp³-hybridized carbons (Fsp3) is 0.591. The monoisotopic (exact) mass is 367 g/mol. The molecular formula is C22H29N3O2. The number of benzene rings is 1. The smallest absolute Gasteiger partial charge is 0.226 e. The molecule has 5 heteroatoms. The summed E-state index contributed by atoms with van der Waals surface area (Å²) >= 11 is 0. The third-order valence-corrected chi connectivity index (χ3v) is 5.59. The predicted octanol–water partition coefficient (Wildman–Crippen LogP) is 4.37. The molecule has 0 bridgehead atoms. The molecule has 1 heterocycles. The van der Waals surface area contributed by atoms with Crippen LogP contribution < -0.4 is 0 Å². The first-order valence-electron chi connectivity index (χ1n) is 10.2. The molecule has 27 heavy (non-hydrogen) atoms. The number of fused-ring (bicyclic) bond motifs is 1. The molecule has 1 amide bonds. The van der Waals surface area contributed by atoms with Crippen LogP contribution in [0.3, 0.4) is 0 Å². The van der Waals surface area contributed by atoms with Gasteiger partial charge in [-0.2, -0.15) is 4.98 Å². The maximum absolute atomic E-state index is 13.0. The van der Waals surface area contributed by atoms with Crippen molar-refractivity contribution in [3.8, 4) is 0 Å². The average molecular weight is 367 g/mol. The number of rotatable bonds is 6. The van der Waals surface area contributed by atoms with Crippen LogP contribution in [0.15, 0.2) is 28.8 Å². The van der Waals surface area contributed by atoms with Gasteiger partial charge in [0.15, 0.2) is 5.82 Å². The maximum atomic E-state index is 13.0. The first-order chi connectivity index (χ1) is 12.9. The van der Waals surface area contributed by atoms with E-state index in [9.17, 15) is 4.79 Å². The highest BCUT2D eigenvalue weighted by molar-refractivity contribution is 5.77. The molecule has 1 aromatic heterocycles. The van der Waals surface area contributed by atoms with Gasteiger partial charge in [0.2, 0.25) is 11.8 Å². The molecule has 0 radical (unpaired) electrons. The molecule has 0 N–H and O–H groups in total. The van der Waals surface area contributed by atoms with Crippen molar-refractivity contribution in [1.29, 1.82) is 0 Å². The van der Waals surface area contributed by atoms with Crippen molar-refractivity contribution in [1.82, 2.24) is 15.0 Å². The minimum atomic E-state index is -0.115. The number of aryl methyl sites for hydroxylation is 2. The Morgan fingerprint density at radius 1 is 1.22 bits per heavy atom. The Morgan fingerprint density at radius 2 is 2.00 bits per heavy atom. The van der Waals surface area contributed by atoms with Gasteiger partial charge in [-0.1, -0.05) is 50.2 Å². The van der Waals surface area contributed by atoms with Crippen LogP contribution in [-0.2, 0) is 23.1 Å². The van der Waals surface area contributed by atoms with Gasteiger partial charge >= 0.3 is 0 Å². The van der Waals surface area contributed by atoms with E-state index in [1.54, 1.807) is 0 Å². The van der Waals surface area contributed by atoms with Crippen molar-refractivity contribution in [3.63, 3.8) is 0 Å². The number of amides is 1. The van der Waals surface area contributed by atoms with E-state index in [4.69, 9.17) is 4.52 Å². The summed E-state index contributed by atoms with van der Waals surface area (Å²) < 4.78 is 5.35. The van der Waals surface area contributed by atoms with E-state index < -0.39 is 0 Å². The van der Waals surface area contributed by atoms with Gasteiger partial charge in [-0.3, -0.25) is 4.79 Å². The molecule has 0 spiro atoms. The Bertz CT molecular complexity index is 817. The summed E-state index contributed by atoms with van der Waals surface area (Å²) in [7, 11) is 0. The van der Waals surface area contributed by atoms with Gasteiger partial charge in [-0.15, -0.1) is 0 Å². The molecule has 1 aromatic carbocycles. The number of carbonyl (C=O) groups is 1. The highest BCUT2D eigenvalue weighted by Crippen LogP contribution is 2.42. The average Bonchev–Trinajstić information content (AvgIpc) is 3.17. The van der Waals surface area contributed by atoms with Crippen LogP contribution in [0.5, 0.6) is 0 Å². The standard InChI is InChI=1S/C22H29N3O2/c1-22(2,3)21-23-19(27-24-21)9-6-10-20(26)25(16-12-13-16)18-14-11-15-7-4-5-8-17(15)18/h4-5,7-8,16,18H,6,9-14H2,1-3H3. The Balaban J connectivity index is 1.37. The van der Waals surface area contributed by atoms with Crippen molar-refractivity contribution < 1.29 is 9.32 Å². The number of nitrogens with zero attached hydrogens (tertiary/aromatic N) is 3. The molecule has 0 saturated heterocycles. The van der Waals surface area contributed by atoms with Crippen LogP contribution in [0, 0.1) is 0 Å². The van der Waals surface area contributed by atoms with Crippen molar-refractivity contribution in [2.45, 2.75) is 83.2 Å². The normalized spacial score (nSPS) is 19.1. The fourth-order valence-corrected chi connectivity index (χ4v) is 3.99. The molecular weight excluding hydrogens is 338 g/mol. The predicted molar refractivity (Wildman–Crippen MR) is 103 cm³/mol. The summed E-state index contributed by atoms with van der Waals surface area (Å²) in [4.78, 5) is 19.7. The summed E-state index contributed by atoms with van der Waals surface area (Å²) in [6.07, 6.45) is 6.38. The van der Waals surface area contributed by atoms with Gasteiger partial charge in [-0.05, 0) is 43.2 Å². The molecule has 2 aliphatic carbocycles. The van der Waals surface area contributed by atoms with Crippen molar-refractivity contribution in [3.05, 3.63) is 47.1 Å². The number of carbonyl (C=O) groups excluding carboxylic acids is 1. The zero-order chi connectivity index (χ0) is 19.0. The number of hydrogen-bond donors (Lipinski definition) is 0. The quantitative estimate of drug-likeness (QED) is 0.761. The van der Waals surface area contributed by atoms with Gasteiger partial charge in [0, 0.05) is 24.3 Å². The van der Waals surface area contributed by atoms with Crippen LogP contribution in [0.25, 0.3) is 0 Å². The molecule has 144 valence electrons. The second kappa shape index (κ2) is 7.10. The van der Waals surface area contributed by atoms with E-state index in [2.05, 4.69) is 60.1 Å². The van der Waals surface area contributed by atoms with E-state index in [0.717, 1.165) is 37.9 Å². The van der Waals surface area contributed by atoms with E-state index in [0.29, 0.717) is 24.8 Å². The Labute approximate surface area is 161 Å². The summed E-state index contributed by atoms with van der Waals surface area (Å²) in [6.45, 7) is 6.20. The summed E-state index contributed by atoms with van der Waals surface area (Å²) in [5.41, 5.74) is 2.64. The minimum absolute atomic E-state index is 0.115. The molecule has 1 fully saturated rings. The molecule has 1 atom stereocenters. The van der Waals surface area contributed by atoms with Crippen LogP contribution in [0.4, 0.5) is 0 Å². The van der Waals surface area contributed by atoms with Crippen molar-refractivity contribution in [2.24, 2.45) is 0 Å². The van der Waals surface area contributed by atoms with E-state index >= 15 is 0 Å². The molecule has 2 aromatic rings. The lowest BCUT2D eigenvalue weighted by Gasteiger charge is -2.30. The zero-order valence-corrected chi connectivity index (χ0v) is 16.6. The van der Waals surface area contributed by atoms with Gasteiger partial charge in [-0.25, -0.2) is 0 Å². The first kappa shape index (κ1) is 18.2. The molecule has 1 unspecified atom stereocenters. The van der Waals surface area contributed by atoms with Gasteiger partial charge in [0.25, 0.3) is 0 Å². The molecule has 2 aliphatic rings. The van der Waals surface area contributed by atoms with Crippen molar-refractivity contribution in [2.75, 3.05) is 0 Å². The molecule has 4 rings (SSSR count). The van der Waals surface area contributed by atoms with Gasteiger partial charge in [0.05, 0.1) is 6.04 Å². The Morgan fingerprint density at radius 3 is 2.70 bits per heavy atom. The second-order valence-electron chi connectivity index (χ2n) is 8.90. The highest BCUT2D eigenvalue weighted by atomic mass is 16.5. The lowest BCUT2D eigenvalue weighted by molar-refractivity contribution is -0.134.